The first-order valence-corrected chi connectivity index (χ1v) is 8.01. The van der Waals surface area contributed by atoms with Crippen LogP contribution in [0.4, 0.5) is 4.39 Å². The van der Waals surface area contributed by atoms with Crippen molar-refractivity contribution in [2.24, 2.45) is 5.73 Å². The van der Waals surface area contributed by atoms with Crippen molar-refractivity contribution in [1.82, 2.24) is 9.88 Å². The number of hydrogen-bond donors (Lipinski definition) is 1. The van der Waals surface area contributed by atoms with Crippen LogP contribution in [-0.4, -0.2) is 35.4 Å². The minimum absolute atomic E-state index is 0.0107. The summed E-state index contributed by atoms with van der Waals surface area (Å²) in [7, 11) is 1.76. The third kappa shape index (κ3) is 4.35. The second-order valence-corrected chi connectivity index (χ2v) is 6.24. The highest BCUT2D eigenvalue weighted by Gasteiger charge is 2.16. The van der Waals surface area contributed by atoms with Gasteiger partial charge < -0.3 is 10.6 Å². The van der Waals surface area contributed by atoms with Gasteiger partial charge in [-0.2, -0.15) is 0 Å². The lowest BCUT2D eigenvalue weighted by Gasteiger charge is -2.23. The molecule has 0 radical (unpaired) electrons. The summed E-state index contributed by atoms with van der Waals surface area (Å²) in [6.45, 7) is 2.36. The lowest BCUT2D eigenvalue weighted by Crippen LogP contribution is -2.40. The van der Waals surface area contributed by atoms with Crippen molar-refractivity contribution in [2.45, 2.75) is 25.8 Å². The molecular formula is C16H20FN3OS. The Morgan fingerprint density at radius 2 is 2.09 bits per heavy atom. The van der Waals surface area contributed by atoms with Crippen molar-refractivity contribution < 1.29 is 9.18 Å². The molecule has 22 heavy (non-hydrogen) atoms. The van der Waals surface area contributed by atoms with Crippen LogP contribution in [-0.2, 0) is 17.6 Å². The standard InChI is InChI=1S/C16H20FN3OS/c1-11(9-18)20(2)16(21)8-14-10-22-15(19-14)7-12-3-5-13(17)6-4-12/h3-6,10-11H,7-9,18H2,1-2H3. The zero-order valence-electron chi connectivity index (χ0n) is 12.8. The van der Waals surface area contributed by atoms with Crippen LogP contribution in [0.2, 0.25) is 0 Å². The molecule has 1 unspecified atom stereocenters. The van der Waals surface area contributed by atoms with E-state index in [1.54, 1.807) is 24.1 Å². The molecule has 2 rings (SSSR count). The number of rotatable bonds is 6. The lowest BCUT2D eigenvalue weighted by atomic mass is 10.1. The predicted octanol–water partition coefficient (Wildman–Crippen LogP) is 2.22. The fourth-order valence-corrected chi connectivity index (χ4v) is 2.80. The normalized spacial score (nSPS) is 12.2. The fourth-order valence-electron chi connectivity index (χ4n) is 1.97. The first-order valence-electron chi connectivity index (χ1n) is 7.13. The Morgan fingerprint density at radius 3 is 2.73 bits per heavy atom. The van der Waals surface area contributed by atoms with E-state index in [-0.39, 0.29) is 24.2 Å². The van der Waals surface area contributed by atoms with Crippen LogP contribution >= 0.6 is 11.3 Å². The molecule has 0 saturated heterocycles. The van der Waals surface area contributed by atoms with Crippen LogP contribution in [0, 0.1) is 5.82 Å². The Hall–Kier alpha value is -1.79. The van der Waals surface area contributed by atoms with Gasteiger partial charge in [-0.25, -0.2) is 9.37 Å². The van der Waals surface area contributed by atoms with Crippen molar-refractivity contribution >= 4 is 17.2 Å². The average molecular weight is 321 g/mol. The number of nitrogens with two attached hydrogens (primary N) is 1. The van der Waals surface area contributed by atoms with Gasteiger partial charge in [-0.15, -0.1) is 11.3 Å². The number of nitrogens with zero attached hydrogens (tertiary/aromatic N) is 2. The van der Waals surface area contributed by atoms with E-state index in [0.29, 0.717) is 13.0 Å². The average Bonchev–Trinajstić information content (AvgIpc) is 2.95. The molecule has 0 spiro atoms. The molecule has 0 saturated carbocycles. The number of aromatic nitrogens is 1. The number of carbonyl (C=O) groups is 1. The topological polar surface area (TPSA) is 59.2 Å². The van der Waals surface area contributed by atoms with Gasteiger partial charge in [-0.3, -0.25) is 4.79 Å². The molecule has 6 heteroatoms. The summed E-state index contributed by atoms with van der Waals surface area (Å²) in [6.07, 6.45) is 0.926. The monoisotopic (exact) mass is 321 g/mol. The van der Waals surface area contributed by atoms with Gasteiger partial charge in [0.1, 0.15) is 5.82 Å². The highest BCUT2D eigenvalue weighted by Crippen LogP contribution is 2.16. The molecular weight excluding hydrogens is 301 g/mol. The zero-order valence-corrected chi connectivity index (χ0v) is 13.6. The van der Waals surface area contributed by atoms with E-state index < -0.39 is 0 Å². The summed E-state index contributed by atoms with van der Waals surface area (Å²) >= 11 is 1.52. The SMILES string of the molecule is CC(CN)N(C)C(=O)Cc1csc(Cc2ccc(F)cc2)n1. The lowest BCUT2D eigenvalue weighted by molar-refractivity contribution is -0.130. The van der Waals surface area contributed by atoms with Crippen molar-refractivity contribution in [3.8, 4) is 0 Å². The van der Waals surface area contributed by atoms with E-state index in [9.17, 15) is 9.18 Å². The first kappa shape index (κ1) is 16.6. The van der Waals surface area contributed by atoms with Crippen LogP contribution in [0.1, 0.15) is 23.2 Å². The van der Waals surface area contributed by atoms with Gasteiger partial charge in [0.05, 0.1) is 17.1 Å². The van der Waals surface area contributed by atoms with E-state index in [4.69, 9.17) is 5.73 Å². The summed E-state index contributed by atoms with van der Waals surface area (Å²) in [5.41, 5.74) is 7.34. The number of halogens is 1. The van der Waals surface area contributed by atoms with Gasteiger partial charge in [0.15, 0.2) is 0 Å². The molecule has 1 amide bonds. The third-order valence-corrected chi connectivity index (χ3v) is 4.49. The molecule has 0 fully saturated rings. The van der Waals surface area contributed by atoms with Gasteiger partial charge in [0, 0.05) is 31.4 Å². The van der Waals surface area contributed by atoms with Crippen molar-refractivity contribution in [3.63, 3.8) is 0 Å². The highest BCUT2D eigenvalue weighted by atomic mass is 32.1. The Morgan fingerprint density at radius 1 is 1.41 bits per heavy atom. The molecule has 4 nitrogen and oxygen atoms in total. The molecule has 1 aromatic heterocycles. The van der Waals surface area contributed by atoms with E-state index in [2.05, 4.69) is 4.98 Å². The van der Waals surface area contributed by atoms with Gasteiger partial charge in [0.2, 0.25) is 5.91 Å². The summed E-state index contributed by atoms with van der Waals surface area (Å²) < 4.78 is 12.9. The van der Waals surface area contributed by atoms with Crippen LogP contribution < -0.4 is 5.73 Å². The molecule has 1 heterocycles. The summed E-state index contributed by atoms with van der Waals surface area (Å²) in [6, 6.07) is 6.40. The minimum Gasteiger partial charge on any atom is -0.341 e. The summed E-state index contributed by atoms with van der Waals surface area (Å²) in [4.78, 5) is 18.2. The molecule has 0 aliphatic rings. The third-order valence-electron chi connectivity index (χ3n) is 3.60. The predicted molar refractivity (Wildman–Crippen MR) is 86.3 cm³/mol. The number of likely N-dealkylation sites (N-methyl/N-ethyl adjacent to an activating group) is 1. The Bertz CT molecular complexity index is 627. The van der Waals surface area contributed by atoms with Gasteiger partial charge in [-0.05, 0) is 24.6 Å². The minimum atomic E-state index is -0.244. The van der Waals surface area contributed by atoms with E-state index in [1.165, 1.54) is 23.5 Å². The molecule has 1 atom stereocenters. The maximum atomic E-state index is 12.9. The Balaban J connectivity index is 1.96. The fraction of sp³-hybridized carbons (Fsp3) is 0.375. The van der Waals surface area contributed by atoms with Crippen molar-refractivity contribution in [2.75, 3.05) is 13.6 Å². The quantitative estimate of drug-likeness (QED) is 0.887. The Labute approximate surface area is 133 Å². The molecule has 1 aromatic carbocycles. The number of carbonyl (C=O) groups excluding carboxylic acids is 1. The molecule has 0 aliphatic carbocycles. The van der Waals surface area contributed by atoms with E-state index in [0.717, 1.165) is 16.3 Å². The molecule has 2 N–H and O–H groups in total. The van der Waals surface area contributed by atoms with Crippen LogP contribution in [0.3, 0.4) is 0 Å². The number of amides is 1. The zero-order chi connectivity index (χ0) is 16.1. The molecule has 0 aliphatic heterocycles. The Kier molecular flexibility index (Phi) is 5.63. The second-order valence-electron chi connectivity index (χ2n) is 5.30. The largest absolute Gasteiger partial charge is 0.341 e. The van der Waals surface area contributed by atoms with Crippen LogP contribution in [0.15, 0.2) is 29.6 Å². The van der Waals surface area contributed by atoms with E-state index >= 15 is 0 Å². The van der Waals surface area contributed by atoms with Crippen LogP contribution in [0.5, 0.6) is 0 Å². The highest BCUT2D eigenvalue weighted by molar-refractivity contribution is 7.09. The smallest absolute Gasteiger partial charge is 0.228 e. The maximum absolute atomic E-state index is 12.9. The first-order chi connectivity index (χ1) is 10.5. The van der Waals surface area contributed by atoms with Gasteiger partial charge in [0.25, 0.3) is 0 Å². The summed E-state index contributed by atoms with van der Waals surface area (Å²) in [5.74, 6) is -0.234. The summed E-state index contributed by atoms with van der Waals surface area (Å²) in [5, 5.41) is 2.82. The van der Waals surface area contributed by atoms with Crippen molar-refractivity contribution in [3.05, 3.63) is 51.7 Å². The van der Waals surface area contributed by atoms with Gasteiger partial charge in [-0.1, -0.05) is 12.1 Å². The van der Waals surface area contributed by atoms with E-state index in [1.807, 2.05) is 12.3 Å². The maximum Gasteiger partial charge on any atom is 0.228 e. The number of hydrogen-bond acceptors (Lipinski definition) is 4. The molecule has 2 aromatic rings. The molecule has 118 valence electrons. The van der Waals surface area contributed by atoms with Crippen LogP contribution in [0.25, 0.3) is 0 Å². The number of thiazole rings is 1. The molecule has 0 bridgehead atoms. The second kappa shape index (κ2) is 7.47. The number of benzene rings is 1. The van der Waals surface area contributed by atoms with Crippen molar-refractivity contribution in [1.29, 1.82) is 0 Å². The van der Waals surface area contributed by atoms with Gasteiger partial charge >= 0.3 is 0 Å².